The van der Waals surface area contributed by atoms with E-state index in [2.05, 4.69) is 12.1 Å². The summed E-state index contributed by atoms with van der Waals surface area (Å²) in [7, 11) is 0. The third-order valence-electron chi connectivity index (χ3n) is 3.54. The van der Waals surface area contributed by atoms with Gasteiger partial charge in [-0.25, -0.2) is 0 Å². The van der Waals surface area contributed by atoms with Crippen LogP contribution in [0.25, 0.3) is 0 Å². The largest absolute Gasteiger partial charge is 0.409 e. The number of nitrogens with zero attached hydrogens (tertiary/aromatic N) is 2. The van der Waals surface area contributed by atoms with Crippen LogP contribution in [-0.4, -0.2) is 34.9 Å². The molecular weight excluding hydrogens is 218 g/mol. The molecule has 0 aromatic carbocycles. The normalized spacial score (nSPS) is 25.6. The van der Waals surface area contributed by atoms with Gasteiger partial charge in [-0.3, -0.25) is 4.79 Å². The van der Waals surface area contributed by atoms with Crippen LogP contribution >= 0.6 is 0 Å². The predicted molar refractivity (Wildman–Crippen MR) is 66.8 cm³/mol. The van der Waals surface area contributed by atoms with E-state index in [1.54, 1.807) is 4.90 Å². The first kappa shape index (κ1) is 13.8. The van der Waals surface area contributed by atoms with E-state index in [1.807, 2.05) is 6.92 Å². The molecule has 1 fully saturated rings. The van der Waals surface area contributed by atoms with E-state index in [1.165, 1.54) is 0 Å². The summed E-state index contributed by atoms with van der Waals surface area (Å²) in [5.41, 5.74) is 5.44. The Morgan fingerprint density at radius 1 is 1.41 bits per heavy atom. The van der Waals surface area contributed by atoms with Crippen LogP contribution in [0.4, 0.5) is 0 Å². The molecule has 5 heteroatoms. The summed E-state index contributed by atoms with van der Waals surface area (Å²) in [6.45, 7) is 4.96. The molecule has 0 aliphatic heterocycles. The van der Waals surface area contributed by atoms with Gasteiger partial charge in [-0.15, -0.1) is 0 Å². The summed E-state index contributed by atoms with van der Waals surface area (Å²) >= 11 is 0. The minimum Gasteiger partial charge on any atom is -0.409 e. The highest BCUT2D eigenvalue weighted by Crippen LogP contribution is 2.29. The lowest BCUT2D eigenvalue weighted by Crippen LogP contribution is -2.42. The maximum atomic E-state index is 12.2. The molecular formula is C12H23N3O2. The van der Waals surface area contributed by atoms with E-state index in [9.17, 15) is 4.79 Å². The Balaban J connectivity index is 2.54. The number of carbonyl (C=O) groups excluding carboxylic acids is 1. The summed E-state index contributed by atoms with van der Waals surface area (Å²) in [4.78, 5) is 13.9. The third kappa shape index (κ3) is 3.91. The van der Waals surface area contributed by atoms with E-state index >= 15 is 0 Å². The molecule has 98 valence electrons. The number of amidine groups is 1. The second-order valence-electron chi connectivity index (χ2n) is 4.90. The van der Waals surface area contributed by atoms with Gasteiger partial charge in [-0.05, 0) is 38.5 Å². The average molecular weight is 241 g/mol. The number of oxime groups is 1. The van der Waals surface area contributed by atoms with Crippen molar-refractivity contribution in [3.63, 3.8) is 0 Å². The predicted octanol–water partition coefficient (Wildman–Crippen LogP) is 1.41. The summed E-state index contributed by atoms with van der Waals surface area (Å²) < 4.78 is 0. The number of nitrogens with two attached hydrogens (primary N) is 1. The topological polar surface area (TPSA) is 78.9 Å². The summed E-state index contributed by atoms with van der Waals surface area (Å²) in [6, 6.07) is 0. The molecule has 0 unspecified atom stereocenters. The van der Waals surface area contributed by atoms with Crippen LogP contribution in [0, 0.1) is 11.8 Å². The van der Waals surface area contributed by atoms with Crippen LogP contribution in [0.3, 0.4) is 0 Å². The molecule has 1 saturated carbocycles. The molecule has 17 heavy (non-hydrogen) atoms. The second kappa shape index (κ2) is 6.47. The highest BCUT2D eigenvalue weighted by Gasteiger charge is 2.27. The lowest BCUT2D eigenvalue weighted by atomic mass is 9.82. The molecule has 1 amide bonds. The standard InChI is InChI=1S/C12H23N3O2/c1-3-15(8-11(13)14-17)12(16)10-6-4-9(2)5-7-10/h9-10,17H,3-8H2,1-2H3,(H2,13,14). The highest BCUT2D eigenvalue weighted by molar-refractivity contribution is 5.87. The van der Waals surface area contributed by atoms with Gasteiger partial charge in [-0.2, -0.15) is 0 Å². The molecule has 0 aromatic heterocycles. The fourth-order valence-corrected chi connectivity index (χ4v) is 2.34. The molecule has 0 bridgehead atoms. The van der Waals surface area contributed by atoms with Crippen LogP contribution in [0.5, 0.6) is 0 Å². The summed E-state index contributed by atoms with van der Waals surface area (Å²) in [5.74, 6) is 1.09. The first-order valence-electron chi connectivity index (χ1n) is 6.33. The maximum absolute atomic E-state index is 12.2. The zero-order valence-corrected chi connectivity index (χ0v) is 10.7. The van der Waals surface area contributed by atoms with Gasteiger partial charge in [0.2, 0.25) is 5.91 Å². The van der Waals surface area contributed by atoms with E-state index in [0.717, 1.165) is 31.6 Å². The van der Waals surface area contributed by atoms with Gasteiger partial charge in [0.15, 0.2) is 5.84 Å². The summed E-state index contributed by atoms with van der Waals surface area (Å²) in [6.07, 6.45) is 4.18. The Hall–Kier alpha value is -1.26. The Labute approximate surface area is 103 Å². The monoisotopic (exact) mass is 241 g/mol. The summed E-state index contributed by atoms with van der Waals surface area (Å²) in [5, 5.41) is 11.4. The number of hydrogen-bond acceptors (Lipinski definition) is 3. The molecule has 1 rings (SSSR count). The zero-order chi connectivity index (χ0) is 12.8. The molecule has 0 saturated heterocycles. The van der Waals surface area contributed by atoms with Crippen molar-refractivity contribution in [2.75, 3.05) is 13.1 Å². The first-order valence-corrected chi connectivity index (χ1v) is 6.33. The second-order valence-corrected chi connectivity index (χ2v) is 4.90. The number of carbonyl (C=O) groups is 1. The number of amides is 1. The van der Waals surface area contributed by atoms with Gasteiger partial charge < -0.3 is 15.8 Å². The Bertz CT molecular complexity index is 283. The van der Waals surface area contributed by atoms with Crippen molar-refractivity contribution < 1.29 is 10.0 Å². The molecule has 0 atom stereocenters. The van der Waals surface area contributed by atoms with Crippen molar-refractivity contribution in [2.24, 2.45) is 22.7 Å². The van der Waals surface area contributed by atoms with E-state index in [0.29, 0.717) is 6.54 Å². The molecule has 0 heterocycles. The molecule has 0 aromatic rings. The Morgan fingerprint density at radius 3 is 2.47 bits per heavy atom. The van der Waals surface area contributed by atoms with Gasteiger partial charge in [0.25, 0.3) is 0 Å². The quantitative estimate of drug-likeness (QED) is 0.338. The minimum absolute atomic E-state index is 0.0874. The smallest absolute Gasteiger partial charge is 0.226 e. The van der Waals surface area contributed by atoms with Crippen molar-refractivity contribution in [3.05, 3.63) is 0 Å². The van der Waals surface area contributed by atoms with Crippen molar-refractivity contribution in [2.45, 2.75) is 39.5 Å². The highest BCUT2D eigenvalue weighted by atomic mass is 16.4. The molecule has 1 aliphatic carbocycles. The number of likely N-dealkylation sites (N-methyl/N-ethyl adjacent to an activating group) is 1. The molecule has 0 radical (unpaired) electrons. The van der Waals surface area contributed by atoms with Crippen molar-refractivity contribution >= 4 is 11.7 Å². The lowest BCUT2D eigenvalue weighted by molar-refractivity contribution is -0.135. The van der Waals surface area contributed by atoms with Gasteiger partial charge in [0, 0.05) is 12.5 Å². The van der Waals surface area contributed by atoms with Crippen LogP contribution in [0.2, 0.25) is 0 Å². The number of rotatable bonds is 4. The van der Waals surface area contributed by atoms with E-state index < -0.39 is 0 Å². The van der Waals surface area contributed by atoms with Gasteiger partial charge in [0.05, 0.1) is 6.54 Å². The van der Waals surface area contributed by atoms with E-state index in [-0.39, 0.29) is 24.2 Å². The van der Waals surface area contributed by atoms with Gasteiger partial charge in [0.1, 0.15) is 0 Å². The van der Waals surface area contributed by atoms with Crippen molar-refractivity contribution in [1.29, 1.82) is 0 Å². The van der Waals surface area contributed by atoms with Gasteiger partial charge >= 0.3 is 0 Å². The van der Waals surface area contributed by atoms with Gasteiger partial charge in [-0.1, -0.05) is 12.1 Å². The Kier molecular flexibility index (Phi) is 5.25. The fourth-order valence-electron chi connectivity index (χ4n) is 2.34. The Morgan fingerprint density at radius 2 is 2.00 bits per heavy atom. The van der Waals surface area contributed by atoms with Crippen molar-refractivity contribution in [3.8, 4) is 0 Å². The number of hydrogen-bond donors (Lipinski definition) is 2. The van der Waals surface area contributed by atoms with Crippen LogP contribution in [-0.2, 0) is 4.79 Å². The molecule has 0 spiro atoms. The molecule has 1 aliphatic rings. The van der Waals surface area contributed by atoms with Crippen LogP contribution < -0.4 is 5.73 Å². The van der Waals surface area contributed by atoms with Crippen molar-refractivity contribution in [1.82, 2.24) is 4.90 Å². The fraction of sp³-hybridized carbons (Fsp3) is 0.833. The maximum Gasteiger partial charge on any atom is 0.226 e. The van der Waals surface area contributed by atoms with Crippen LogP contribution in [0.1, 0.15) is 39.5 Å². The van der Waals surface area contributed by atoms with Crippen LogP contribution in [0.15, 0.2) is 5.16 Å². The van der Waals surface area contributed by atoms with E-state index in [4.69, 9.17) is 10.9 Å². The lowest BCUT2D eigenvalue weighted by Gasteiger charge is -2.30. The average Bonchev–Trinajstić information content (AvgIpc) is 2.35. The first-order chi connectivity index (χ1) is 8.08. The molecule has 3 N–H and O–H groups in total. The third-order valence-corrected chi connectivity index (χ3v) is 3.54. The zero-order valence-electron chi connectivity index (χ0n) is 10.7. The molecule has 5 nitrogen and oxygen atoms in total. The SMILES string of the molecule is CCN(CC(N)=NO)C(=O)C1CCC(C)CC1. The minimum atomic E-state index is 0.0874.